The molecule has 0 radical (unpaired) electrons. The lowest BCUT2D eigenvalue weighted by Crippen LogP contribution is -2.31. The van der Waals surface area contributed by atoms with Gasteiger partial charge in [0.05, 0.1) is 6.33 Å². The van der Waals surface area contributed by atoms with E-state index in [1.54, 1.807) is 22.5 Å². The number of rotatable bonds is 5. The van der Waals surface area contributed by atoms with E-state index < -0.39 is 0 Å². The fraction of sp³-hybridized carbons (Fsp3) is 0.583. The molecular formula is C12H18N4O2. The maximum atomic E-state index is 11.8. The average Bonchev–Trinajstić information content (AvgIpc) is 2.70. The molecule has 2 aromatic heterocycles. The van der Waals surface area contributed by atoms with Crippen molar-refractivity contribution in [1.82, 2.24) is 19.1 Å². The summed E-state index contributed by atoms with van der Waals surface area (Å²) in [5.41, 5.74) is 0.176. The summed E-state index contributed by atoms with van der Waals surface area (Å²) in [5, 5.41) is 0. The van der Waals surface area contributed by atoms with Crippen molar-refractivity contribution < 1.29 is 0 Å². The van der Waals surface area contributed by atoms with Gasteiger partial charge in [-0.2, -0.15) is 0 Å². The molecular weight excluding hydrogens is 232 g/mol. The van der Waals surface area contributed by atoms with Gasteiger partial charge in [0.1, 0.15) is 0 Å². The number of aromatic amines is 1. The molecule has 0 aliphatic heterocycles. The number of hydrogen-bond acceptors (Lipinski definition) is 3. The molecule has 0 saturated heterocycles. The number of aryl methyl sites for hydroxylation is 2. The van der Waals surface area contributed by atoms with Crippen LogP contribution in [-0.2, 0) is 13.6 Å². The SMILES string of the molecule is CCCCCCn1c(=O)[nH]c(=O)c2c1ncn2C. The van der Waals surface area contributed by atoms with E-state index in [2.05, 4.69) is 16.9 Å². The Hall–Kier alpha value is -1.85. The Morgan fingerprint density at radius 3 is 2.78 bits per heavy atom. The monoisotopic (exact) mass is 250 g/mol. The smallest absolute Gasteiger partial charge is 0.328 e. The molecule has 98 valence electrons. The zero-order valence-electron chi connectivity index (χ0n) is 10.8. The minimum absolute atomic E-state index is 0.373. The molecule has 0 fully saturated rings. The van der Waals surface area contributed by atoms with Crippen LogP contribution >= 0.6 is 0 Å². The number of hydrogen-bond donors (Lipinski definition) is 1. The topological polar surface area (TPSA) is 72.7 Å². The molecule has 6 nitrogen and oxygen atoms in total. The molecule has 18 heavy (non-hydrogen) atoms. The van der Waals surface area contributed by atoms with E-state index in [1.807, 2.05) is 0 Å². The zero-order chi connectivity index (χ0) is 13.1. The molecule has 6 heteroatoms. The number of aromatic nitrogens is 4. The van der Waals surface area contributed by atoms with E-state index >= 15 is 0 Å². The highest BCUT2D eigenvalue weighted by Crippen LogP contribution is 2.06. The molecule has 2 aromatic rings. The molecule has 0 aromatic carbocycles. The predicted molar refractivity (Wildman–Crippen MR) is 69.7 cm³/mol. The Kier molecular flexibility index (Phi) is 3.64. The van der Waals surface area contributed by atoms with Crippen LogP contribution in [0.3, 0.4) is 0 Å². The molecule has 2 heterocycles. The van der Waals surface area contributed by atoms with Crippen molar-refractivity contribution in [2.45, 2.75) is 39.2 Å². The Morgan fingerprint density at radius 2 is 2.06 bits per heavy atom. The van der Waals surface area contributed by atoms with Crippen molar-refractivity contribution in [2.75, 3.05) is 0 Å². The second-order valence-electron chi connectivity index (χ2n) is 4.50. The lowest BCUT2D eigenvalue weighted by atomic mass is 10.2. The summed E-state index contributed by atoms with van der Waals surface area (Å²) < 4.78 is 3.18. The third-order valence-corrected chi connectivity index (χ3v) is 3.09. The number of nitrogens with zero attached hydrogens (tertiary/aromatic N) is 3. The van der Waals surface area contributed by atoms with Gasteiger partial charge in [-0.25, -0.2) is 9.78 Å². The van der Waals surface area contributed by atoms with E-state index in [-0.39, 0.29) is 11.2 Å². The molecule has 0 amide bonds. The molecule has 1 N–H and O–H groups in total. The van der Waals surface area contributed by atoms with Gasteiger partial charge in [0.15, 0.2) is 11.2 Å². The van der Waals surface area contributed by atoms with Crippen LogP contribution in [0.5, 0.6) is 0 Å². The minimum Gasteiger partial charge on any atom is -0.328 e. The maximum Gasteiger partial charge on any atom is 0.330 e. The van der Waals surface area contributed by atoms with Crippen LogP contribution in [0.4, 0.5) is 0 Å². The molecule has 0 aliphatic carbocycles. The fourth-order valence-electron chi connectivity index (χ4n) is 2.10. The molecule has 2 rings (SSSR count). The normalized spacial score (nSPS) is 11.2. The van der Waals surface area contributed by atoms with Gasteiger partial charge in [0.2, 0.25) is 0 Å². The minimum atomic E-state index is -0.375. The fourth-order valence-corrected chi connectivity index (χ4v) is 2.10. The van der Waals surface area contributed by atoms with Gasteiger partial charge in [-0.3, -0.25) is 14.3 Å². The second-order valence-corrected chi connectivity index (χ2v) is 4.50. The lowest BCUT2D eigenvalue weighted by molar-refractivity contribution is 0.571. The van der Waals surface area contributed by atoms with E-state index in [0.717, 1.165) is 25.7 Å². The first-order valence-electron chi connectivity index (χ1n) is 6.29. The summed E-state index contributed by atoms with van der Waals surface area (Å²) in [6.07, 6.45) is 5.87. The van der Waals surface area contributed by atoms with Gasteiger partial charge in [-0.15, -0.1) is 0 Å². The Labute approximate surface area is 104 Å². The first kappa shape index (κ1) is 12.6. The van der Waals surface area contributed by atoms with Crippen LogP contribution in [0.1, 0.15) is 32.6 Å². The molecule has 0 unspecified atom stereocenters. The van der Waals surface area contributed by atoms with Crippen LogP contribution < -0.4 is 11.2 Å². The summed E-state index contributed by atoms with van der Waals surface area (Å²) in [6.45, 7) is 2.74. The standard InChI is InChI=1S/C12H18N4O2/c1-3-4-5-6-7-16-10-9(15(2)8-13-10)11(17)14-12(16)18/h8H,3-7H2,1-2H3,(H,14,17,18). The van der Waals surface area contributed by atoms with Crippen LogP contribution in [0.15, 0.2) is 15.9 Å². The Balaban J connectivity index is 2.38. The van der Waals surface area contributed by atoms with Gasteiger partial charge in [-0.1, -0.05) is 26.2 Å². The number of H-pyrrole nitrogens is 1. The van der Waals surface area contributed by atoms with Crippen LogP contribution in [0, 0.1) is 0 Å². The van der Waals surface area contributed by atoms with Crippen molar-refractivity contribution in [3.05, 3.63) is 27.2 Å². The number of nitrogens with one attached hydrogen (secondary N) is 1. The highest BCUT2D eigenvalue weighted by Gasteiger charge is 2.11. The van der Waals surface area contributed by atoms with Crippen molar-refractivity contribution in [3.63, 3.8) is 0 Å². The van der Waals surface area contributed by atoms with E-state index in [0.29, 0.717) is 17.7 Å². The van der Waals surface area contributed by atoms with Gasteiger partial charge >= 0.3 is 5.69 Å². The van der Waals surface area contributed by atoms with Crippen molar-refractivity contribution in [1.29, 1.82) is 0 Å². The van der Waals surface area contributed by atoms with E-state index in [1.165, 1.54) is 0 Å². The number of imidazole rings is 1. The third-order valence-electron chi connectivity index (χ3n) is 3.09. The van der Waals surface area contributed by atoms with E-state index in [9.17, 15) is 9.59 Å². The van der Waals surface area contributed by atoms with Crippen molar-refractivity contribution in [2.24, 2.45) is 7.05 Å². The molecule has 0 aliphatic rings. The maximum absolute atomic E-state index is 11.8. The summed E-state index contributed by atoms with van der Waals surface area (Å²) in [6, 6.07) is 0. The Bertz CT molecular complexity index is 650. The third kappa shape index (κ3) is 2.23. The molecule has 0 atom stereocenters. The zero-order valence-corrected chi connectivity index (χ0v) is 10.8. The average molecular weight is 250 g/mol. The summed E-state index contributed by atoms with van der Waals surface area (Å²) in [7, 11) is 1.75. The van der Waals surface area contributed by atoms with Crippen LogP contribution in [0.25, 0.3) is 11.2 Å². The molecule has 0 saturated carbocycles. The van der Waals surface area contributed by atoms with Gasteiger partial charge < -0.3 is 4.57 Å². The quantitative estimate of drug-likeness (QED) is 0.805. The van der Waals surface area contributed by atoms with Gasteiger partial charge in [0.25, 0.3) is 5.56 Å². The number of fused-ring (bicyclic) bond motifs is 1. The lowest BCUT2D eigenvalue weighted by Gasteiger charge is -2.05. The Morgan fingerprint density at radius 1 is 1.28 bits per heavy atom. The molecule has 0 spiro atoms. The summed E-state index contributed by atoms with van der Waals surface area (Å²) in [4.78, 5) is 30.0. The van der Waals surface area contributed by atoms with Gasteiger partial charge in [0, 0.05) is 13.6 Å². The molecule has 0 bridgehead atoms. The van der Waals surface area contributed by atoms with Gasteiger partial charge in [-0.05, 0) is 6.42 Å². The highest BCUT2D eigenvalue weighted by atomic mass is 16.2. The van der Waals surface area contributed by atoms with Crippen LogP contribution in [0.2, 0.25) is 0 Å². The predicted octanol–water partition coefficient (Wildman–Crippen LogP) is 1.00. The first-order chi connectivity index (χ1) is 8.65. The second kappa shape index (κ2) is 5.20. The van der Waals surface area contributed by atoms with Crippen molar-refractivity contribution in [3.8, 4) is 0 Å². The van der Waals surface area contributed by atoms with E-state index in [4.69, 9.17) is 0 Å². The highest BCUT2D eigenvalue weighted by molar-refractivity contribution is 5.69. The summed E-state index contributed by atoms with van der Waals surface area (Å²) >= 11 is 0. The largest absolute Gasteiger partial charge is 0.330 e. The first-order valence-corrected chi connectivity index (χ1v) is 6.29. The van der Waals surface area contributed by atoms with Crippen LogP contribution in [-0.4, -0.2) is 19.1 Å². The summed E-state index contributed by atoms with van der Waals surface area (Å²) in [5.74, 6) is 0. The number of unbranched alkanes of at least 4 members (excludes halogenated alkanes) is 3. The van der Waals surface area contributed by atoms with Crippen molar-refractivity contribution >= 4 is 11.2 Å².